The highest BCUT2D eigenvalue weighted by atomic mass is 19.3. The molecule has 1 amide bonds. The van der Waals surface area contributed by atoms with Crippen LogP contribution in [0.2, 0.25) is 0 Å². The third kappa shape index (κ3) is 4.19. The first-order valence-electron chi connectivity index (χ1n) is 10.3. The summed E-state index contributed by atoms with van der Waals surface area (Å²) in [6.07, 6.45) is 1.13. The molecule has 1 aromatic carbocycles. The standard InChI is InChI=1S/C22H22F2N6O2/c1-14-13-15(3-4-16(14)21(32)29-11-6-22(23,24)7-12-29)27-19-18-17(5-9-26-20(18)31)30(28-19)10-2-8-25/h3-5,9,13H,2,6-7,10-12H2,1H3,(H,26,31)(H,27,28). The van der Waals surface area contributed by atoms with Crippen molar-refractivity contribution in [1.82, 2.24) is 19.7 Å². The summed E-state index contributed by atoms with van der Waals surface area (Å²) in [5.41, 5.74) is 2.05. The van der Waals surface area contributed by atoms with Crippen LogP contribution in [0.15, 0.2) is 35.3 Å². The van der Waals surface area contributed by atoms with Gasteiger partial charge in [-0.1, -0.05) is 0 Å². The van der Waals surface area contributed by atoms with Crippen molar-refractivity contribution in [2.24, 2.45) is 0 Å². The molecule has 0 saturated carbocycles. The Balaban J connectivity index is 1.58. The Bertz CT molecular complexity index is 1260. The van der Waals surface area contributed by atoms with Crippen LogP contribution in [0.5, 0.6) is 0 Å². The van der Waals surface area contributed by atoms with E-state index < -0.39 is 5.92 Å². The van der Waals surface area contributed by atoms with Gasteiger partial charge in [-0.05, 0) is 36.8 Å². The van der Waals surface area contributed by atoms with E-state index in [9.17, 15) is 18.4 Å². The second-order valence-electron chi connectivity index (χ2n) is 7.85. The van der Waals surface area contributed by atoms with Gasteiger partial charge in [-0.3, -0.25) is 14.3 Å². The largest absolute Gasteiger partial charge is 0.338 e. The van der Waals surface area contributed by atoms with E-state index in [1.54, 1.807) is 35.9 Å². The first kappa shape index (κ1) is 21.5. The van der Waals surface area contributed by atoms with E-state index in [0.29, 0.717) is 40.1 Å². The Kier molecular flexibility index (Phi) is 5.65. The normalized spacial score (nSPS) is 15.5. The van der Waals surface area contributed by atoms with E-state index in [1.165, 1.54) is 11.1 Å². The van der Waals surface area contributed by atoms with Crippen LogP contribution >= 0.6 is 0 Å². The fraction of sp³-hybridized carbons (Fsp3) is 0.364. The van der Waals surface area contributed by atoms with Crippen LogP contribution in [0, 0.1) is 18.3 Å². The quantitative estimate of drug-likeness (QED) is 0.631. The van der Waals surface area contributed by atoms with Crippen molar-refractivity contribution in [3.8, 4) is 6.07 Å². The number of aryl methyl sites for hydroxylation is 2. The molecule has 1 saturated heterocycles. The van der Waals surface area contributed by atoms with Crippen LogP contribution in [0.25, 0.3) is 10.9 Å². The number of hydrogen-bond donors (Lipinski definition) is 2. The van der Waals surface area contributed by atoms with Crippen molar-refractivity contribution in [3.05, 3.63) is 51.9 Å². The number of piperidine rings is 1. The van der Waals surface area contributed by atoms with Crippen LogP contribution in [0.1, 0.15) is 35.2 Å². The Morgan fingerprint density at radius 1 is 1.31 bits per heavy atom. The van der Waals surface area contributed by atoms with Gasteiger partial charge in [-0.15, -0.1) is 0 Å². The van der Waals surface area contributed by atoms with Crippen molar-refractivity contribution in [3.63, 3.8) is 0 Å². The number of rotatable bonds is 5. The van der Waals surface area contributed by atoms with E-state index in [-0.39, 0.29) is 43.8 Å². The number of halogens is 2. The second-order valence-corrected chi connectivity index (χ2v) is 7.85. The zero-order valence-electron chi connectivity index (χ0n) is 17.5. The summed E-state index contributed by atoms with van der Waals surface area (Å²) in [5, 5.41) is 16.8. The van der Waals surface area contributed by atoms with Gasteiger partial charge in [0.2, 0.25) is 0 Å². The number of amides is 1. The maximum absolute atomic E-state index is 13.4. The molecule has 0 unspecified atom stereocenters. The molecule has 0 radical (unpaired) electrons. The minimum absolute atomic E-state index is 0.0279. The van der Waals surface area contributed by atoms with Gasteiger partial charge >= 0.3 is 0 Å². The molecular formula is C22H22F2N6O2. The number of pyridine rings is 1. The van der Waals surface area contributed by atoms with Crippen LogP contribution < -0.4 is 10.9 Å². The van der Waals surface area contributed by atoms with Crippen LogP contribution in [0.4, 0.5) is 20.3 Å². The number of nitriles is 1. The highest BCUT2D eigenvalue weighted by molar-refractivity contribution is 5.96. The number of carbonyl (C=O) groups excluding carboxylic acids is 1. The Morgan fingerprint density at radius 3 is 2.75 bits per heavy atom. The van der Waals surface area contributed by atoms with Crippen LogP contribution in [0.3, 0.4) is 0 Å². The number of benzene rings is 1. The number of anilines is 2. The number of fused-ring (bicyclic) bond motifs is 1. The molecule has 2 N–H and O–H groups in total. The summed E-state index contributed by atoms with van der Waals surface area (Å²) in [4.78, 5) is 29.3. The second kappa shape index (κ2) is 8.42. The van der Waals surface area contributed by atoms with Gasteiger partial charge in [0.15, 0.2) is 5.82 Å². The number of likely N-dealkylation sites (tertiary alicyclic amines) is 1. The first-order chi connectivity index (χ1) is 15.3. The van der Waals surface area contributed by atoms with E-state index in [0.717, 1.165) is 0 Å². The van der Waals surface area contributed by atoms with Crippen LogP contribution in [-0.2, 0) is 6.54 Å². The molecule has 3 heterocycles. The average molecular weight is 440 g/mol. The predicted octanol–water partition coefficient (Wildman–Crippen LogP) is 3.56. The molecule has 3 aromatic rings. The van der Waals surface area contributed by atoms with E-state index >= 15 is 0 Å². The van der Waals surface area contributed by atoms with Crippen LogP contribution in [-0.4, -0.2) is 44.6 Å². The number of H-pyrrole nitrogens is 1. The zero-order valence-corrected chi connectivity index (χ0v) is 17.5. The summed E-state index contributed by atoms with van der Waals surface area (Å²) < 4.78 is 28.4. The fourth-order valence-electron chi connectivity index (χ4n) is 3.88. The van der Waals surface area contributed by atoms with E-state index in [1.807, 2.05) is 0 Å². The molecule has 32 heavy (non-hydrogen) atoms. The smallest absolute Gasteiger partial charge is 0.261 e. The Hall–Kier alpha value is -3.74. The maximum Gasteiger partial charge on any atom is 0.261 e. The molecule has 1 fully saturated rings. The predicted molar refractivity (Wildman–Crippen MR) is 115 cm³/mol. The minimum Gasteiger partial charge on any atom is -0.338 e. The Labute approximate surface area is 182 Å². The van der Waals surface area contributed by atoms with Gasteiger partial charge < -0.3 is 15.2 Å². The van der Waals surface area contributed by atoms with Crippen molar-refractivity contribution in [2.75, 3.05) is 18.4 Å². The number of carbonyl (C=O) groups is 1. The van der Waals surface area contributed by atoms with Gasteiger partial charge in [-0.25, -0.2) is 8.78 Å². The molecule has 0 aliphatic carbocycles. The van der Waals surface area contributed by atoms with Gasteiger partial charge in [0, 0.05) is 43.4 Å². The number of nitrogens with one attached hydrogen (secondary N) is 2. The van der Waals surface area contributed by atoms with E-state index in [2.05, 4.69) is 21.5 Å². The SMILES string of the molecule is Cc1cc(Nc2nn(CCC#N)c3cc[nH]c(=O)c23)ccc1C(=O)N1CCC(F)(F)CC1. The van der Waals surface area contributed by atoms with Gasteiger partial charge in [0.25, 0.3) is 17.4 Å². The molecule has 2 aromatic heterocycles. The molecule has 0 spiro atoms. The monoisotopic (exact) mass is 440 g/mol. The number of alkyl halides is 2. The first-order valence-corrected chi connectivity index (χ1v) is 10.3. The number of nitrogens with zero attached hydrogens (tertiary/aromatic N) is 4. The summed E-state index contributed by atoms with van der Waals surface area (Å²) in [7, 11) is 0. The highest BCUT2D eigenvalue weighted by Gasteiger charge is 2.36. The third-order valence-electron chi connectivity index (χ3n) is 5.61. The number of hydrogen-bond acceptors (Lipinski definition) is 5. The summed E-state index contributed by atoms with van der Waals surface area (Å²) in [5.74, 6) is -2.64. The summed E-state index contributed by atoms with van der Waals surface area (Å²) >= 11 is 0. The lowest BCUT2D eigenvalue weighted by Crippen LogP contribution is -2.42. The molecule has 4 rings (SSSR count). The molecule has 1 aliphatic rings. The lowest BCUT2D eigenvalue weighted by atomic mass is 10.0. The minimum atomic E-state index is -2.71. The zero-order chi connectivity index (χ0) is 22.9. The molecule has 1 aliphatic heterocycles. The molecule has 166 valence electrons. The van der Waals surface area contributed by atoms with Crippen molar-refractivity contribution >= 4 is 28.3 Å². The molecule has 0 atom stereocenters. The topological polar surface area (TPSA) is 107 Å². The molecule has 8 nitrogen and oxygen atoms in total. The van der Waals surface area contributed by atoms with Crippen molar-refractivity contribution < 1.29 is 13.6 Å². The summed E-state index contributed by atoms with van der Waals surface area (Å²) in [6, 6.07) is 8.88. The lowest BCUT2D eigenvalue weighted by Gasteiger charge is -2.32. The van der Waals surface area contributed by atoms with E-state index in [4.69, 9.17) is 5.26 Å². The summed E-state index contributed by atoms with van der Waals surface area (Å²) in [6.45, 7) is 2.17. The van der Waals surface area contributed by atoms with Crippen molar-refractivity contribution in [1.29, 1.82) is 5.26 Å². The molecular weight excluding hydrogens is 418 g/mol. The lowest BCUT2D eigenvalue weighted by molar-refractivity contribution is -0.0494. The highest BCUT2D eigenvalue weighted by Crippen LogP contribution is 2.29. The third-order valence-corrected chi connectivity index (χ3v) is 5.61. The maximum atomic E-state index is 13.4. The fourth-order valence-corrected chi connectivity index (χ4v) is 3.88. The van der Waals surface area contributed by atoms with Gasteiger partial charge in [-0.2, -0.15) is 10.4 Å². The molecule has 0 bridgehead atoms. The number of aromatic nitrogens is 3. The van der Waals surface area contributed by atoms with Crippen molar-refractivity contribution in [2.45, 2.75) is 38.7 Å². The van der Waals surface area contributed by atoms with Gasteiger partial charge in [0.1, 0.15) is 5.39 Å². The van der Waals surface area contributed by atoms with Gasteiger partial charge in [0.05, 0.1) is 24.6 Å². The number of aromatic amines is 1. The Morgan fingerprint density at radius 2 is 2.06 bits per heavy atom. The average Bonchev–Trinajstić information content (AvgIpc) is 3.10. The molecule has 10 heteroatoms.